The molecule has 0 unspecified atom stereocenters. The zero-order valence-electron chi connectivity index (χ0n) is 8.42. The first-order chi connectivity index (χ1) is 6.49. The number of benzene rings is 1. The molecule has 0 amide bonds. The summed E-state index contributed by atoms with van der Waals surface area (Å²) in [4.78, 5) is 11.3. The lowest BCUT2D eigenvalue weighted by molar-refractivity contribution is 0.0596. The molecule has 0 aromatic heterocycles. The van der Waals surface area contributed by atoms with Gasteiger partial charge >= 0.3 is 5.97 Å². The van der Waals surface area contributed by atoms with Crippen LogP contribution in [0.4, 0.5) is 5.69 Å². The Morgan fingerprint density at radius 2 is 2.07 bits per heavy atom. The Kier molecular flexibility index (Phi) is 2.65. The lowest BCUT2D eigenvalue weighted by atomic mass is 10.0. The van der Waals surface area contributed by atoms with Crippen LogP contribution in [-0.4, -0.2) is 18.2 Å². The third kappa shape index (κ3) is 1.51. The van der Waals surface area contributed by atoms with Gasteiger partial charge in [0.05, 0.1) is 7.11 Å². The van der Waals surface area contributed by atoms with Crippen LogP contribution in [0.5, 0.6) is 5.75 Å². The molecule has 0 aliphatic carbocycles. The minimum absolute atomic E-state index is 0.102. The molecule has 0 bridgehead atoms. The average Bonchev–Trinajstić information content (AvgIpc) is 2.14. The average molecular weight is 195 g/mol. The van der Waals surface area contributed by atoms with Gasteiger partial charge < -0.3 is 15.6 Å². The van der Waals surface area contributed by atoms with Crippen LogP contribution in [0.3, 0.4) is 0 Å². The van der Waals surface area contributed by atoms with Crippen LogP contribution in [0.25, 0.3) is 0 Å². The van der Waals surface area contributed by atoms with E-state index in [1.54, 1.807) is 19.9 Å². The maximum Gasteiger partial charge on any atom is 0.341 e. The summed E-state index contributed by atoms with van der Waals surface area (Å²) in [7, 11) is 1.27. The Balaban J connectivity index is 3.44. The van der Waals surface area contributed by atoms with Gasteiger partial charge in [0, 0.05) is 11.3 Å². The lowest BCUT2D eigenvalue weighted by Gasteiger charge is -2.10. The predicted octanol–water partition coefficient (Wildman–Crippen LogP) is 1.38. The van der Waals surface area contributed by atoms with E-state index in [0.717, 1.165) is 0 Å². The molecule has 1 aromatic carbocycles. The second kappa shape index (κ2) is 3.57. The summed E-state index contributed by atoms with van der Waals surface area (Å²) < 4.78 is 4.55. The van der Waals surface area contributed by atoms with Gasteiger partial charge in [0.15, 0.2) is 0 Å². The van der Waals surface area contributed by atoms with Crippen molar-refractivity contribution in [1.29, 1.82) is 0 Å². The Bertz CT molecular complexity index is 385. The number of carbonyl (C=O) groups excluding carboxylic acids is 1. The molecule has 4 heteroatoms. The SMILES string of the molecule is COC(=O)c1c(C)cc(N)c(C)c1O. The van der Waals surface area contributed by atoms with E-state index in [2.05, 4.69) is 4.74 Å². The minimum atomic E-state index is -0.553. The zero-order chi connectivity index (χ0) is 10.9. The van der Waals surface area contributed by atoms with Crippen molar-refractivity contribution in [3.8, 4) is 5.75 Å². The van der Waals surface area contributed by atoms with Crippen molar-refractivity contribution in [1.82, 2.24) is 0 Å². The molecule has 0 aliphatic rings. The van der Waals surface area contributed by atoms with E-state index < -0.39 is 5.97 Å². The van der Waals surface area contributed by atoms with Crippen molar-refractivity contribution < 1.29 is 14.6 Å². The Hall–Kier alpha value is -1.71. The fourth-order valence-electron chi connectivity index (χ4n) is 1.28. The van der Waals surface area contributed by atoms with Crippen molar-refractivity contribution in [2.24, 2.45) is 0 Å². The third-order valence-corrected chi connectivity index (χ3v) is 2.18. The fraction of sp³-hybridized carbons (Fsp3) is 0.300. The molecule has 0 fully saturated rings. The number of rotatable bonds is 1. The van der Waals surface area contributed by atoms with Crippen LogP contribution in [0.15, 0.2) is 6.07 Å². The minimum Gasteiger partial charge on any atom is -0.507 e. The largest absolute Gasteiger partial charge is 0.507 e. The van der Waals surface area contributed by atoms with Crippen LogP contribution in [0.2, 0.25) is 0 Å². The molecule has 1 rings (SSSR count). The molecule has 0 radical (unpaired) electrons. The molecular formula is C10H13NO3. The monoisotopic (exact) mass is 195 g/mol. The Labute approximate surface area is 82.3 Å². The molecule has 0 saturated carbocycles. The number of phenolic OH excluding ortho intramolecular Hbond substituents is 1. The maximum atomic E-state index is 11.3. The van der Waals surface area contributed by atoms with E-state index in [4.69, 9.17) is 5.73 Å². The first kappa shape index (κ1) is 10.4. The quantitative estimate of drug-likeness (QED) is 0.524. The first-order valence-corrected chi connectivity index (χ1v) is 4.16. The second-order valence-corrected chi connectivity index (χ2v) is 3.12. The number of ether oxygens (including phenoxy) is 1. The van der Waals surface area contributed by atoms with Crippen molar-refractivity contribution >= 4 is 11.7 Å². The molecule has 0 aliphatic heterocycles. The number of hydrogen-bond acceptors (Lipinski definition) is 4. The predicted molar refractivity (Wildman–Crippen MR) is 53.3 cm³/mol. The van der Waals surface area contributed by atoms with Gasteiger partial charge in [-0.05, 0) is 25.5 Å². The summed E-state index contributed by atoms with van der Waals surface area (Å²) in [6.07, 6.45) is 0. The fourth-order valence-corrected chi connectivity index (χ4v) is 1.28. The van der Waals surface area contributed by atoms with Crippen LogP contribution in [0, 0.1) is 13.8 Å². The van der Waals surface area contributed by atoms with E-state index in [1.165, 1.54) is 7.11 Å². The zero-order valence-corrected chi connectivity index (χ0v) is 8.42. The van der Waals surface area contributed by atoms with Crippen LogP contribution < -0.4 is 5.73 Å². The standard InChI is InChI=1S/C10H13NO3/c1-5-4-7(11)6(2)9(12)8(5)10(13)14-3/h4,12H,11H2,1-3H3. The second-order valence-electron chi connectivity index (χ2n) is 3.12. The van der Waals surface area contributed by atoms with Crippen molar-refractivity contribution in [3.05, 3.63) is 22.8 Å². The maximum absolute atomic E-state index is 11.3. The topological polar surface area (TPSA) is 72.5 Å². The molecule has 0 atom stereocenters. The van der Waals surface area contributed by atoms with Crippen molar-refractivity contribution in [2.45, 2.75) is 13.8 Å². The molecule has 4 nitrogen and oxygen atoms in total. The molecule has 0 heterocycles. The van der Waals surface area contributed by atoms with Gasteiger partial charge in [0.1, 0.15) is 11.3 Å². The normalized spacial score (nSPS) is 9.93. The van der Waals surface area contributed by atoms with Crippen LogP contribution in [-0.2, 0) is 4.74 Å². The molecule has 3 N–H and O–H groups in total. The van der Waals surface area contributed by atoms with E-state index in [0.29, 0.717) is 16.8 Å². The third-order valence-electron chi connectivity index (χ3n) is 2.18. The van der Waals surface area contributed by atoms with Gasteiger partial charge in [-0.15, -0.1) is 0 Å². The summed E-state index contributed by atoms with van der Waals surface area (Å²) in [5.74, 6) is -0.655. The number of anilines is 1. The number of hydrogen-bond donors (Lipinski definition) is 2. The molecule has 0 saturated heterocycles. The molecular weight excluding hydrogens is 182 g/mol. The highest BCUT2D eigenvalue weighted by atomic mass is 16.5. The van der Waals surface area contributed by atoms with E-state index >= 15 is 0 Å². The number of aryl methyl sites for hydroxylation is 1. The summed E-state index contributed by atoms with van der Waals surface area (Å²) in [5.41, 5.74) is 7.37. The van der Waals surface area contributed by atoms with Gasteiger partial charge in [-0.25, -0.2) is 4.79 Å². The molecule has 14 heavy (non-hydrogen) atoms. The number of carbonyl (C=O) groups is 1. The van der Waals surface area contributed by atoms with E-state index in [-0.39, 0.29) is 11.3 Å². The molecule has 0 spiro atoms. The number of nitrogens with two attached hydrogens (primary N) is 1. The van der Waals surface area contributed by atoms with E-state index in [1.807, 2.05) is 0 Å². The van der Waals surface area contributed by atoms with Gasteiger partial charge in [-0.2, -0.15) is 0 Å². The van der Waals surface area contributed by atoms with Gasteiger partial charge in [0.25, 0.3) is 0 Å². The summed E-state index contributed by atoms with van der Waals surface area (Å²) in [6, 6.07) is 1.64. The van der Waals surface area contributed by atoms with Gasteiger partial charge in [0.2, 0.25) is 0 Å². The van der Waals surface area contributed by atoms with E-state index in [9.17, 15) is 9.90 Å². The van der Waals surface area contributed by atoms with Crippen LogP contribution >= 0.6 is 0 Å². The highest BCUT2D eigenvalue weighted by Crippen LogP contribution is 2.30. The van der Waals surface area contributed by atoms with Gasteiger partial charge in [-0.1, -0.05) is 0 Å². The Morgan fingerprint density at radius 1 is 1.50 bits per heavy atom. The van der Waals surface area contributed by atoms with Crippen molar-refractivity contribution in [2.75, 3.05) is 12.8 Å². The summed E-state index contributed by atoms with van der Waals surface area (Å²) >= 11 is 0. The van der Waals surface area contributed by atoms with Gasteiger partial charge in [-0.3, -0.25) is 0 Å². The summed E-state index contributed by atoms with van der Waals surface area (Å²) in [6.45, 7) is 3.35. The Morgan fingerprint density at radius 3 is 2.57 bits per heavy atom. The highest BCUT2D eigenvalue weighted by molar-refractivity contribution is 5.95. The first-order valence-electron chi connectivity index (χ1n) is 4.16. The number of aromatic hydroxyl groups is 1. The number of esters is 1. The smallest absolute Gasteiger partial charge is 0.341 e. The highest BCUT2D eigenvalue weighted by Gasteiger charge is 2.18. The number of nitrogen functional groups attached to an aromatic ring is 1. The lowest BCUT2D eigenvalue weighted by Crippen LogP contribution is -2.06. The summed E-state index contributed by atoms with van der Waals surface area (Å²) in [5, 5.41) is 9.68. The molecule has 1 aromatic rings. The molecule has 76 valence electrons. The van der Waals surface area contributed by atoms with Crippen LogP contribution in [0.1, 0.15) is 21.5 Å². The van der Waals surface area contributed by atoms with Crippen molar-refractivity contribution in [3.63, 3.8) is 0 Å². The number of phenols is 1. The number of methoxy groups -OCH3 is 1.